The lowest BCUT2D eigenvalue weighted by Gasteiger charge is -2.03. The zero-order chi connectivity index (χ0) is 10.7. The van der Waals surface area contributed by atoms with Crippen molar-refractivity contribution in [3.8, 4) is 5.75 Å². The Morgan fingerprint density at radius 2 is 2.21 bits per heavy atom. The first-order valence-corrected chi connectivity index (χ1v) is 4.22. The van der Waals surface area contributed by atoms with Crippen LogP contribution in [0.3, 0.4) is 0 Å². The number of hydrogen-bond donors (Lipinski definition) is 1. The summed E-state index contributed by atoms with van der Waals surface area (Å²) in [5, 5.41) is 19.6. The van der Waals surface area contributed by atoms with Gasteiger partial charge in [-0.15, -0.1) is 0 Å². The van der Waals surface area contributed by atoms with Crippen LogP contribution in [-0.2, 0) is 6.42 Å². The van der Waals surface area contributed by atoms with Crippen molar-refractivity contribution in [3.63, 3.8) is 0 Å². The van der Waals surface area contributed by atoms with Gasteiger partial charge in [0.05, 0.1) is 11.0 Å². The molecular weight excluding hydrogens is 189 g/mol. The molecule has 0 atom stereocenters. The zero-order valence-corrected chi connectivity index (χ0v) is 7.66. The van der Waals surface area contributed by atoms with Crippen molar-refractivity contribution in [2.45, 2.75) is 19.8 Å². The fraction of sp³-hybridized carbons (Fsp3) is 0.333. The fourth-order valence-electron chi connectivity index (χ4n) is 1.21. The molecule has 0 saturated heterocycles. The van der Waals surface area contributed by atoms with Gasteiger partial charge in [0, 0.05) is 11.6 Å². The van der Waals surface area contributed by atoms with Crippen molar-refractivity contribution in [2.24, 2.45) is 0 Å². The number of nitro groups is 1. The molecule has 76 valence electrons. The monoisotopic (exact) mass is 199 g/mol. The third-order valence-electron chi connectivity index (χ3n) is 1.86. The van der Waals surface area contributed by atoms with Crippen LogP contribution in [-0.4, -0.2) is 10.0 Å². The number of nitro benzene ring substituents is 1. The van der Waals surface area contributed by atoms with Gasteiger partial charge in [-0.1, -0.05) is 13.3 Å². The number of rotatable bonds is 3. The van der Waals surface area contributed by atoms with Crippen molar-refractivity contribution in [1.82, 2.24) is 0 Å². The predicted molar refractivity (Wildman–Crippen MR) is 48.7 cm³/mol. The van der Waals surface area contributed by atoms with E-state index in [2.05, 4.69) is 0 Å². The minimum atomic E-state index is -0.942. The first-order valence-electron chi connectivity index (χ1n) is 4.22. The molecule has 1 N–H and O–H groups in total. The summed E-state index contributed by atoms with van der Waals surface area (Å²) in [6.07, 6.45) is 1.11. The van der Waals surface area contributed by atoms with E-state index in [0.717, 1.165) is 0 Å². The third-order valence-corrected chi connectivity index (χ3v) is 1.86. The summed E-state index contributed by atoms with van der Waals surface area (Å²) in [6, 6.07) is 1.91. The SMILES string of the molecule is CCCc1cc([N+](=O)[O-])cc(F)c1O. The molecule has 0 saturated carbocycles. The number of aromatic hydroxyl groups is 1. The molecule has 0 spiro atoms. The van der Waals surface area contributed by atoms with E-state index in [9.17, 15) is 19.6 Å². The maximum Gasteiger partial charge on any atom is 0.272 e. The lowest BCUT2D eigenvalue weighted by molar-refractivity contribution is -0.385. The Bertz CT molecular complexity index is 365. The number of phenolic OH excluding ortho intramolecular Hbond substituents is 1. The van der Waals surface area contributed by atoms with E-state index in [1.807, 2.05) is 6.92 Å². The van der Waals surface area contributed by atoms with Gasteiger partial charge in [0.2, 0.25) is 0 Å². The van der Waals surface area contributed by atoms with Gasteiger partial charge >= 0.3 is 0 Å². The molecule has 1 aromatic carbocycles. The molecule has 4 nitrogen and oxygen atoms in total. The van der Waals surface area contributed by atoms with Crippen LogP contribution >= 0.6 is 0 Å². The van der Waals surface area contributed by atoms with E-state index in [0.29, 0.717) is 18.9 Å². The molecule has 1 rings (SSSR count). The van der Waals surface area contributed by atoms with Crippen LogP contribution in [0.4, 0.5) is 10.1 Å². The third kappa shape index (κ3) is 1.99. The Labute approximate surface area is 80.1 Å². The maximum absolute atomic E-state index is 13.0. The number of nitrogens with zero attached hydrogens (tertiary/aromatic N) is 1. The molecule has 0 aliphatic carbocycles. The van der Waals surface area contributed by atoms with Gasteiger partial charge in [-0.3, -0.25) is 10.1 Å². The molecule has 0 fully saturated rings. The summed E-state index contributed by atoms with van der Waals surface area (Å²) in [7, 11) is 0. The molecule has 0 heterocycles. The first-order chi connectivity index (χ1) is 6.56. The average molecular weight is 199 g/mol. The predicted octanol–water partition coefficient (Wildman–Crippen LogP) is 2.39. The lowest BCUT2D eigenvalue weighted by Crippen LogP contribution is -1.94. The highest BCUT2D eigenvalue weighted by Gasteiger charge is 2.15. The van der Waals surface area contributed by atoms with Gasteiger partial charge in [0.25, 0.3) is 5.69 Å². The Morgan fingerprint density at radius 3 is 2.71 bits per heavy atom. The van der Waals surface area contributed by atoms with Crippen LogP contribution in [0.2, 0.25) is 0 Å². The molecule has 0 aromatic heterocycles. The smallest absolute Gasteiger partial charge is 0.272 e. The Balaban J connectivity index is 3.20. The molecule has 14 heavy (non-hydrogen) atoms. The molecule has 0 amide bonds. The van der Waals surface area contributed by atoms with Gasteiger partial charge in [-0.2, -0.15) is 0 Å². The Kier molecular flexibility index (Phi) is 3.01. The van der Waals surface area contributed by atoms with E-state index in [1.54, 1.807) is 0 Å². The molecule has 0 radical (unpaired) electrons. The van der Waals surface area contributed by atoms with Crippen LogP contribution in [0.1, 0.15) is 18.9 Å². The van der Waals surface area contributed by atoms with Crippen molar-refractivity contribution < 1.29 is 14.4 Å². The molecule has 5 heteroatoms. The minimum absolute atomic E-state index is 0.277. The van der Waals surface area contributed by atoms with Crippen molar-refractivity contribution in [1.29, 1.82) is 0 Å². The zero-order valence-electron chi connectivity index (χ0n) is 7.66. The van der Waals surface area contributed by atoms with E-state index in [4.69, 9.17) is 0 Å². The number of halogens is 1. The summed E-state index contributed by atoms with van der Waals surface area (Å²) in [5.41, 5.74) is -0.0528. The van der Waals surface area contributed by atoms with Crippen LogP contribution < -0.4 is 0 Å². The minimum Gasteiger partial charge on any atom is -0.505 e. The summed E-state index contributed by atoms with van der Waals surface area (Å²) < 4.78 is 13.0. The Morgan fingerprint density at radius 1 is 1.57 bits per heavy atom. The number of phenols is 1. The summed E-state index contributed by atoms with van der Waals surface area (Å²) >= 11 is 0. The summed E-state index contributed by atoms with van der Waals surface area (Å²) in [4.78, 5) is 9.70. The number of hydrogen-bond acceptors (Lipinski definition) is 3. The van der Waals surface area contributed by atoms with Gasteiger partial charge in [-0.25, -0.2) is 4.39 Å². The topological polar surface area (TPSA) is 63.4 Å². The molecule has 0 unspecified atom stereocenters. The standard InChI is InChI=1S/C9H10FNO3/c1-2-3-6-4-7(11(13)14)5-8(10)9(6)12/h4-5,12H,2-3H2,1H3. The molecule has 0 bridgehead atoms. The van der Waals surface area contributed by atoms with Gasteiger partial charge in [-0.05, 0) is 6.42 Å². The highest BCUT2D eigenvalue weighted by Crippen LogP contribution is 2.27. The second kappa shape index (κ2) is 4.04. The average Bonchev–Trinajstić information content (AvgIpc) is 2.12. The normalized spacial score (nSPS) is 10.1. The largest absolute Gasteiger partial charge is 0.505 e. The molecular formula is C9H10FNO3. The molecule has 0 aliphatic heterocycles. The van der Waals surface area contributed by atoms with Crippen LogP contribution in [0.15, 0.2) is 12.1 Å². The highest BCUT2D eigenvalue weighted by atomic mass is 19.1. The van der Waals surface area contributed by atoms with Gasteiger partial charge in [0.1, 0.15) is 0 Å². The van der Waals surface area contributed by atoms with Crippen LogP contribution in [0.5, 0.6) is 5.75 Å². The van der Waals surface area contributed by atoms with Crippen molar-refractivity contribution in [3.05, 3.63) is 33.6 Å². The quantitative estimate of drug-likeness (QED) is 0.600. The Hall–Kier alpha value is -1.65. The van der Waals surface area contributed by atoms with Crippen molar-refractivity contribution in [2.75, 3.05) is 0 Å². The second-order valence-electron chi connectivity index (χ2n) is 2.94. The van der Waals surface area contributed by atoms with Gasteiger partial charge in [0.15, 0.2) is 11.6 Å². The lowest BCUT2D eigenvalue weighted by atomic mass is 10.1. The maximum atomic E-state index is 13.0. The van der Waals surface area contributed by atoms with E-state index in [-0.39, 0.29) is 11.3 Å². The highest BCUT2D eigenvalue weighted by molar-refractivity contribution is 5.44. The van der Waals surface area contributed by atoms with Crippen molar-refractivity contribution >= 4 is 5.69 Å². The van der Waals surface area contributed by atoms with E-state index in [1.165, 1.54) is 6.07 Å². The number of aryl methyl sites for hydroxylation is 1. The molecule has 0 aliphatic rings. The first kappa shape index (κ1) is 10.4. The second-order valence-corrected chi connectivity index (χ2v) is 2.94. The fourth-order valence-corrected chi connectivity index (χ4v) is 1.21. The number of benzene rings is 1. The summed E-state index contributed by atoms with van der Waals surface area (Å²) in [5.74, 6) is -1.43. The van der Waals surface area contributed by atoms with Gasteiger partial charge < -0.3 is 5.11 Å². The van der Waals surface area contributed by atoms with Crippen LogP contribution in [0.25, 0.3) is 0 Å². The molecule has 1 aromatic rings. The van der Waals surface area contributed by atoms with E-state index < -0.39 is 16.5 Å². The summed E-state index contributed by atoms with van der Waals surface area (Å²) in [6.45, 7) is 1.84. The van der Waals surface area contributed by atoms with Crippen LogP contribution in [0, 0.1) is 15.9 Å². The van der Waals surface area contributed by atoms with E-state index >= 15 is 0 Å². The number of non-ortho nitro benzene ring substituents is 1.